The third-order valence-electron chi connectivity index (χ3n) is 1.35. The second kappa shape index (κ2) is 3.54. The Morgan fingerprint density at radius 1 is 1.55 bits per heavy atom. The van der Waals surface area contributed by atoms with E-state index >= 15 is 0 Å². The van der Waals surface area contributed by atoms with Crippen molar-refractivity contribution in [3.63, 3.8) is 0 Å². The summed E-state index contributed by atoms with van der Waals surface area (Å²) in [4.78, 5) is 0. The topological polar surface area (TPSA) is 0 Å². The van der Waals surface area contributed by atoms with Crippen molar-refractivity contribution in [2.24, 2.45) is 0 Å². The van der Waals surface area contributed by atoms with Crippen LogP contribution < -0.4 is 9.75 Å². The summed E-state index contributed by atoms with van der Waals surface area (Å²) in [5, 5.41) is 3.18. The lowest BCUT2D eigenvalue weighted by Gasteiger charge is -1.80. The van der Waals surface area contributed by atoms with E-state index in [1.807, 2.05) is 6.07 Å². The third-order valence-corrected chi connectivity index (χ3v) is 2.27. The highest BCUT2D eigenvalue weighted by Crippen LogP contribution is 1.88. The molecule has 1 rings (SSSR count). The first-order valence-electron chi connectivity index (χ1n) is 3.58. The van der Waals surface area contributed by atoms with Crippen molar-refractivity contribution in [3.05, 3.63) is 32.8 Å². The summed E-state index contributed by atoms with van der Waals surface area (Å²) in [6.07, 6.45) is 4.23. The molecule has 0 aliphatic heterocycles. The monoisotopic (exact) mass is 164 g/mol. The summed E-state index contributed by atoms with van der Waals surface area (Å²) < 4.78 is 1.26. The molecule has 0 aliphatic carbocycles. The SMILES string of the molecule is C=c1ccs/c1=C/C=C(C)C. The highest BCUT2D eigenvalue weighted by Gasteiger charge is 1.80. The van der Waals surface area contributed by atoms with Crippen molar-refractivity contribution in [2.75, 3.05) is 0 Å². The molecule has 1 heteroatoms. The Balaban J connectivity index is 3.11. The van der Waals surface area contributed by atoms with Gasteiger partial charge in [0.25, 0.3) is 0 Å². The van der Waals surface area contributed by atoms with E-state index in [1.165, 1.54) is 10.1 Å². The first-order valence-corrected chi connectivity index (χ1v) is 4.46. The van der Waals surface area contributed by atoms with Gasteiger partial charge < -0.3 is 0 Å². The van der Waals surface area contributed by atoms with Crippen molar-refractivity contribution >= 4 is 24.0 Å². The van der Waals surface area contributed by atoms with Gasteiger partial charge in [0.05, 0.1) is 0 Å². The molecule has 0 unspecified atom stereocenters. The van der Waals surface area contributed by atoms with Crippen molar-refractivity contribution in [1.82, 2.24) is 0 Å². The van der Waals surface area contributed by atoms with E-state index in [4.69, 9.17) is 0 Å². The predicted octanol–water partition coefficient (Wildman–Crippen LogP) is 1.91. The molecule has 0 radical (unpaired) electrons. The van der Waals surface area contributed by atoms with Gasteiger partial charge in [-0.3, -0.25) is 0 Å². The Morgan fingerprint density at radius 3 is 2.73 bits per heavy atom. The van der Waals surface area contributed by atoms with E-state index in [2.05, 4.69) is 38.0 Å². The Hall–Kier alpha value is -0.820. The average molecular weight is 164 g/mol. The molecule has 0 nitrogen and oxygen atoms in total. The van der Waals surface area contributed by atoms with E-state index < -0.39 is 0 Å². The van der Waals surface area contributed by atoms with E-state index in [0.29, 0.717) is 0 Å². The summed E-state index contributed by atoms with van der Waals surface area (Å²) >= 11 is 1.73. The van der Waals surface area contributed by atoms with E-state index in [1.54, 1.807) is 11.3 Å². The number of allylic oxidation sites excluding steroid dienone is 2. The van der Waals surface area contributed by atoms with Crippen LogP contribution in [-0.4, -0.2) is 0 Å². The van der Waals surface area contributed by atoms with Gasteiger partial charge in [-0.15, -0.1) is 11.3 Å². The zero-order chi connectivity index (χ0) is 8.27. The summed E-state index contributed by atoms with van der Waals surface area (Å²) in [5.41, 5.74) is 1.32. The largest absolute Gasteiger partial charge is 0.144 e. The standard InChI is InChI=1S/C10H12S/c1-8(2)4-5-10-9(3)6-7-11-10/h4-7H,3H2,1-2H3/b10-5+. The van der Waals surface area contributed by atoms with Crippen LogP contribution >= 0.6 is 11.3 Å². The van der Waals surface area contributed by atoms with Crippen LogP contribution in [0.3, 0.4) is 0 Å². The lowest BCUT2D eigenvalue weighted by molar-refractivity contribution is 1.40. The molecule has 0 saturated heterocycles. The van der Waals surface area contributed by atoms with Gasteiger partial charge in [-0.2, -0.15) is 0 Å². The summed E-state index contributed by atoms with van der Waals surface area (Å²) in [6, 6.07) is 2.04. The quantitative estimate of drug-likeness (QED) is 0.595. The van der Waals surface area contributed by atoms with Gasteiger partial charge in [-0.1, -0.05) is 18.2 Å². The lowest BCUT2D eigenvalue weighted by atomic mass is 10.3. The molecule has 0 aromatic carbocycles. The molecule has 58 valence electrons. The fourth-order valence-corrected chi connectivity index (χ4v) is 1.48. The Bertz CT molecular complexity index is 350. The molecule has 1 heterocycles. The van der Waals surface area contributed by atoms with Crippen LogP contribution in [0.4, 0.5) is 0 Å². The van der Waals surface area contributed by atoms with Crippen LogP contribution in [0.1, 0.15) is 13.8 Å². The van der Waals surface area contributed by atoms with Gasteiger partial charge in [0.1, 0.15) is 0 Å². The molecule has 0 bridgehead atoms. The molecular formula is C10H12S. The molecule has 1 aromatic heterocycles. The molecule has 0 saturated carbocycles. The van der Waals surface area contributed by atoms with Gasteiger partial charge in [-0.25, -0.2) is 0 Å². The highest BCUT2D eigenvalue weighted by atomic mass is 32.1. The van der Waals surface area contributed by atoms with Gasteiger partial charge in [0.15, 0.2) is 0 Å². The number of hydrogen-bond donors (Lipinski definition) is 0. The smallest absolute Gasteiger partial charge is 0.0336 e. The second-order valence-electron chi connectivity index (χ2n) is 2.72. The highest BCUT2D eigenvalue weighted by molar-refractivity contribution is 7.07. The zero-order valence-corrected chi connectivity index (χ0v) is 7.74. The van der Waals surface area contributed by atoms with E-state index in [-0.39, 0.29) is 0 Å². The van der Waals surface area contributed by atoms with Gasteiger partial charge in [0.2, 0.25) is 0 Å². The average Bonchev–Trinajstić information content (AvgIpc) is 2.31. The molecule has 0 fully saturated rings. The van der Waals surface area contributed by atoms with Gasteiger partial charge in [0, 0.05) is 4.53 Å². The van der Waals surface area contributed by atoms with Crippen molar-refractivity contribution in [1.29, 1.82) is 0 Å². The van der Waals surface area contributed by atoms with Crippen LogP contribution in [0.5, 0.6) is 0 Å². The third kappa shape index (κ3) is 2.35. The van der Waals surface area contributed by atoms with Crippen LogP contribution in [0.25, 0.3) is 12.7 Å². The zero-order valence-electron chi connectivity index (χ0n) is 6.92. The fourth-order valence-electron chi connectivity index (χ4n) is 0.736. The molecule has 1 aromatic rings. The summed E-state index contributed by atoms with van der Waals surface area (Å²) in [7, 11) is 0. The van der Waals surface area contributed by atoms with E-state index in [9.17, 15) is 0 Å². The maximum Gasteiger partial charge on any atom is 0.0336 e. The molecular weight excluding hydrogens is 152 g/mol. The first-order chi connectivity index (χ1) is 5.20. The fraction of sp³-hybridized carbons (Fsp3) is 0.200. The maximum atomic E-state index is 3.91. The molecule has 11 heavy (non-hydrogen) atoms. The Labute approximate surface area is 71.2 Å². The minimum absolute atomic E-state index is 1.12. The van der Waals surface area contributed by atoms with Crippen molar-refractivity contribution in [3.8, 4) is 0 Å². The lowest BCUT2D eigenvalue weighted by Crippen LogP contribution is -2.14. The van der Waals surface area contributed by atoms with Crippen LogP contribution in [-0.2, 0) is 0 Å². The number of hydrogen-bond acceptors (Lipinski definition) is 1. The van der Waals surface area contributed by atoms with Gasteiger partial charge in [-0.05, 0) is 36.6 Å². The first kappa shape index (κ1) is 8.28. The van der Waals surface area contributed by atoms with E-state index in [0.717, 1.165) is 5.22 Å². The molecule has 0 spiro atoms. The van der Waals surface area contributed by atoms with Gasteiger partial charge >= 0.3 is 0 Å². The van der Waals surface area contributed by atoms with Crippen molar-refractivity contribution in [2.45, 2.75) is 13.8 Å². The summed E-state index contributed by atoms with van der Waals surface area (Å²) in [5.74, 6) is 0. The molecule has 0 aliphatic rings. The molecule has 0 atom stereocenters. The molecule has 0 amide bonds. The maximum absolute atomic E-state index is 3.91. The van der Waals surface area contributed by atoms with Crippen LogP contribution in [0.2, 0.25) is 0 Å². The Kier molecular flexibility index (Phi) is 2.66. The minimum Gasteiger partial charge on any atom is -0.144 e. The van der Waals surface area contributed by atoms with Crippen LogP contribution in [0.15, 0.2) is 23.1 Å². The number of thiophene rings is 1. The Morgan fingerprint density at radius 2 is 2.27 bits per heavy atom. The minimum atomic E-state index is 1.12. The predicted molar refractivity (Wildman–Crippen MR) is 53.0 cm³/mol. The normalized spacial score (nSPS) is 11.6. The summed E-state index contributed by atoms with van der Waals surface area (Å²) in [6.45, 7) is 8.09. The molecule has 0 N–H and O–H groups in total. The van der Waals surface area contributed by atoms with Crippen molar-refractivity contribution < 1.29 is 0 Å². The van der Waals surface area contributed by atoms with Crippen LogP contribution in [0, 0.1) is 0 Å². The number of rotatable bonds is 1. The second-order valence-corrected chi connectivity index (χ2v) is 3.67.